The minimum Gasteiger partial charge on any atom is -0.394 e. The molecular weight excluding hydrogens is 216 g/mol. The standard InChI is InChI=1S/C13H20N2O2/c1-13(2,17-3)8-15-7-10(9-4-5-9)6-11(14)12(15)16/h6-7,9H,4-5,8,14H2,1-3H3. The molecule has 1 aromatic heterocycles. The molecule has 4 heteroatoms. The van der Waals surface area contributed by atoms with Gasteiger partial charge in [-0.1, -0.05) is 0 Å². The molecule has 0 saturated heterocycles. The molecule has 1 fully saturated rings. The molecule has 0 radical (unpaired) electrons. The molecule has 1 aromatic rings. The number of anilines is 1. The lowest BCUT2D eigenvalue weighted by Crippen LogP contribution is -2.35. The van der Waals surface area contributed by atoms with Gasteiger partial charge in [-0.3, -0.25) is 4.79 Å². The summed E-state index contributed by atoms with van der Waals surface area (Å²) in [4.78, 5) is 11.9. The molecule has 1 saturated carbocycles. The summed E-state index contributed by atoms with van der Waals surface area (Å²) in [5.41, 5.74) is 6.79. The van der Waals surface area contributed by atoms with Crippen molar-refractivity contribution in [2.75, 3.05) is 12.8 Å². The average molecular weight is 236 g/mol. The monoisotopic (exact) mass is 236 g/mol. The molecule has 94 valence electrons. The Morgan fingerprint density at radius 2 is 2.18 bits per heavy atom. The molecule has 0 aromatic carbocycles. The van der Waals surface area contributed by atoms with Crippen molar-refractivity contribution in [3.63, 3.8) is 0 Å². The number of pyridine rings is 1. The average Bonchev–Trinajstić information content (AvgIpc) is 3.08. The summed E-state index contributed by atoms with van der Waals surface area (Å²) < 4.78 is 7.02. The fourth-order valence-corrected chi connectivity index (χ4v) is 1.92. The van der Waals surface area contributed by atoms with Crippen molar-refractivity contribution in [1.82, 2.24) is 4.57 Å². The number of nitrogen functional groups attached to an aromatic ring is 1. The Kier molecular flexibility index (Phi) is 3.00. The van der Waals surface area contributed by atoms with E-state index in [9.17, 15) is 4.79 Å². The van der Waals surface area contributed by atoms with E-state index < -0.39 is 0 Å². The zero-order valence-electron chi connectivity index (χ0n) is 10.7. The van der Waals surface area contributed by atoms with Crippen molar-refractivity contribution >= 4 is 5.69 Å². The number of methoxy groups -OCH3 is 1. The second-order valence-electron chi connectivity index (χ2n) is 5.40. The molecule has 1 aliphatic carbocycles. The molecule has 1 heterocycles. The van der Waals surface area contributed by atoms with E-state index in [1.54, 1.807) is 11.7 Å². The summed E-state index contributed by atoms with van der Waals surface area (Å²) in [5.74, 6) is 0.592. The van der Waals surface area contributed by atoms with E-state index in [4.69, 9.17) is 10.5 Å². The number of nitrogens with two attached hydrogens (primary N) is 1. The lowest BCUT2D eigenvalue weighted by Gasteiger charge is -2.24. The maximum atomic E-state index is 11.9. The van der Waals surface area contributed by atoms with Crippen LogP contribution in [0.4, 0.5) is 5.69 Å². The molecule has 2 rings (SSSR count). The lowest BCUT2D eigenvalue weighted by atomic mass is 10.1. The highest BCUT2D eigenvalue weighted by Gasteiger charge is 2.26. The van der Waals surface area contributed by atoms with E-state index in [0.717, 1.165) is 0 Å². The van der Waals surface area contributed by atoms with E-state index >= 15 is 0 Å². The van der Waals surface area contributed by atoms with E-state index in [2.05, 4.69) is 0 Å². The molecule has 4 nitrogen and oxygen atoms in total. The van der Waals surface area contributed by atoms with E-state index in [-0.39, 0.29) is 11.2 Å². The minimum atomic E-state index is -0.363. The van der Waals surface area contributed by atoms with Gasteiger partial charge in [-0.25, -0.2) is 0 Å². The third kappa shape index (κ3) is 2.69. The summed E-state index contributed by atoms with van der Waals surface area (Å²) in [5, 5.41) is 0. The van der Waals surface area contributed by atoms with Crippen molar-refractivity contribution in [2.45, 2.75) is 44.8 Å². The highest BCUT2D eigenvalue weighted by molar-refractivity contribution is 5.40. The van der Waals surface area contributed by atoms with Crippen molar-refractivity contribution in [3.8, 4) is 0 Å². The van der Waals surface area contributed by atoms with Crippen LogP contribution >= 0.6 is 0 Å². The Bertz CT molecular complexity index is 473. The number of hydrogen-bond donors (Lipinski definition) is 1. The first-order valence-electron chi connectivity index (χ1n) is 5.98. The Balaban J connectivity index is 2.35. The number of hydrogen-bond acceptors (Lipinski definition) is 3. The largest absolute Gasteiger partial charge is 0.394 e. The van der Waals surface area contributed by atoms with Gasteiger partial charge in [0.05, 0.1) is 17.8 Å². The van der Waals surface area contributed by atoms with Gasteiger partial charge in [0.25, 0.3) is 5.56 Å². The van der Waals surface area contributed by atoms with Gasteiger partial charge >= 0.3 is 0 Å². The predicted molar refractivity (Wildman–Crippen MR) is 68.2 cm³/mol. The summed E-state index contributed by atoms with van der Waals surface area (Å²) in [7, 11) is 1.65. The predicted octanol–water partition coefficient (Wildman–Crippen LogP) is 1.73. The number of nitrogens with zero attached hydrogens (tertiary/aromatic N) is 1. The van der Waals surface area contributed by atoms with Crippen LogP contribution in [0.15, 0.2) is 17.1 Å². The number of rotatable bonds is 4. The second kappa shape index (κ2) is 4.18. The van der Waals surface area contributed by atoms with Gasteiger partial charge in [0.15, 0.2) is 0 Å². The van der Waals surface area contributed by atoms with Crippen LogP contribution < -0.4 is 11.3 Å². The highest BCUT2D eigenvalue weighted by atomic mass is 16.5. The maximum absolute atomic E-state index is 11.9. The molecular formula is C13H20N2O2. The minimum absolute atomic E-state index is 0.125. The first-order valence-corrected chi connectivity index (χ1v) is 5.98. The maximum Gasteiger partial charge on any atom is 0.273 e. The smallest absolute Gasteiger partial charge is 0.273 e. The third-order valence-electron chi connectivity index (χ3n) is 3.29. The number of aromatic nitrogens is 1. The summed E-state index contributed by atoms with van der Waals surface area (Å²) in [6.45, 7) is 4.44. The molecule has 0 bridgehead atoms. The fourth-order valence-electron chi connectivity index (χ4n) is 1.92. The second-order valence-corrected chi connectivity index (χ2v) is 5.40. The fraction of sp³-hybridized carbons (Fsp3) is 0.615. The molecule has 0 atom stereocenters. The zero-order valence-corrected chi connectivity index (χ0v) is 10.7. The van der Waals surface area contributed by atoms with Gasteiger partial charge in [-0.15, -0.1) is 0 Å². The van der Waals surface area contributed by atoms with E-state index in [1.165, 1.54) is 18.4 Å². The Labute approximate surface area is 101 Å². The molecule has 1 aliphatic rings. The van der Waals surface area contributed by atoms with Gasteiger partial charge in [-0.05, 0) is 44.2 Å². The SMILES string of the molecule is COC(C)(C)Cn1cc(C2CC2)cc(N)c1=O. The Morgan fingerprint density at radius 3 is 2.71 bits per heavy atom. The quantitative estimate of drug-likeness (QED) is 0.866. The summed E-state index contributed by atoms with van der Waals surface area (Å²) in [6.07, 6.45) is 4.33. The molecule has 2 N–H and O–H groups in total. The van der Waals surface area contributed by atoms with Crippen LogP contribution in [0.25, 0.3) is 0 Å². The van der Waals surface area contributed by atoms with Crippen LogP contribution in [0, 0.1) is 0 Å². The van der Waals surface area contributed by atoms with E-state index in [1.807, 2.05) is 26.1 Å². The third-order valence-corrected chi connectivity index (χ3v) is 3.29. The van der Waals surface area contributed by atoms with Crippen molar-refractivity contribution in [1.29, 1.82) is 0 Å². The molecule has 0 unspecified atom stereocenters. The van der Waals surface area contributed by atoms with Gasteiger partial charge in [0.1, 0.15) is 0 Å². The number of ether oxygens (including phenoxy) is 1. The van der Waals surface area contributed by atoms with E-state index in [0.29, 0.717) is 18.2 Å². The molecule has 0 spiro atoms. The van der Waals surface area contributed by atoms with Crippen LogP contribution in [0.3, 0.4) is 0 Å². The normalized spacial score (nSPS) is 16.2. The topological polar surface area (TPSA) is 57.2 Å². The first-order chi connectivity index (χ1) is 7.93. The van der Waals surface area contributed by atoms with Gasteiger partial charge in [0.2, 0.25) is 0 Å². The molecule has 0 amide bonds. The van der Waals surface area contributed by atoms with Crippen LogP contribution in [0.5, 0.6) is 0 Å². The van der Waals surface area contributed by atoms with Crippen LogP contribution in [-0.2, 0) is 11.3 Å². The Hall–Kier alpha value is -1.29. The lowest BCUT2D eigenvalue weighted by molar-refractivity contribution is 0.00739. The van der Waals surface area contributed by atoms with Crippen LogP contribution in [0.1, 0.15) is 38.2 Å². The van der Waals surface area contributed by atoms with Gasteiger partial charge < -0.3 is 15.0 Å². The highest BCUT2D eigenvalue weighted by Crippen LogP contribution is 2.40. The molecule has 0 aliphatic heterocycles. The van der Waals surface area contributed by atoms with Crippen LogP contribution in [0.2, 0.25) is 0 Å². The zero-order chi connectivity index (χ0) is 12.6. The summed E-state index contributed by atoms with van der Waals surface area (Å²) >= 11 is 0. The summed E-state index contributed by atoms with van der Waals surface area (Å²) in [6, 6.07) is 1.82. The van der Waals surface area contributed by atoms with Crippen molar-refractivity contribution in [2.24, 2.45) is 0 Å². The Morgan fingerprint density at radius 1 is 1.53 bits per heavy atom. The van der Waals surface area contributed by atoms with Gasteiger partial charge in [0, 0.05) is 13.3 Å². The van der Waals surface area contributed by atoms with Crippen molar-refractivity contribution in [3.05, 3.63) is 28.2 Å². The van der Waals surface area contributed by atoms with Crippen LogP contribution in [-0.4, -0.2) is 17.3 Å². The molecule has 17 heavy (non-hydrogen) atoms. The first kappa shape index (κ1) is 12.2. The van der Waals surface area contributed by atoms with Gasteiger partial charge in [-0.2, -0.15) is 0 Å². The van der Waals surface area contributed by atoms with Crippen molar-refractivity contribution < 1.29 is 4.74 Å².